The maximum absolute atomic E-state index is 11.9. The van der Waals surface area contributed by atoms with E-state index in [0.29, 0.717) is 13.0 Å². The van der Waals surface area contributed by atoms with E-state index >= 15 is 0 Å². The summed E-state index contributed by atoms with van der Waals surface area (Å²) in [5.41, 5.74) is 1.31. The second kappa shape index (κ2) is 9.88. The predicted octanol–water partition coefficient (Wildman–Crippen LogP) is 2.47. The van der Waals surface area contributed by atoms with Crippen LogP contribution in [-0.2, 0) is 24.3 Å². The number of carbonyl (C=O) groups is 1. The Kier molecular flexibility index (Phi) is 7.49. The van der Waals surface area contributed by atoms with Gasteiger partial charge in [-0.25, -0.2) is 4.98 Å². The van der Waals surface area contributed by atoms with Gasteiger partial charge in [-0.2, -0.15) is 0 Å². The van der Waals surface area contributed by atoms with Crippen molar-refractivity contribution in [3.63, 3.8) is 0 Å². The van der Waals surface area contributed by atoms with E-state index < -0.39 is 0 Å². The molecule has 0 fully saturated rings. The third kappa shape index (κ3) is 6.54. The van der Waals surface area contributed by atoms with Gasteiger partial charge in [0, 0.05) is 25.4 Å². The normalized spacial score (nSPS) is 11.0. The molecule has 130 valence electrons. The van der Waals surface area contributed by atoms with Gasteiger partial charge in [0.15, 0.2) is 0 Å². The van der Waals surface area contributed by atoms with Crippen molar-refractivity contribution in [2.24, 2.45) is 0 Å². The third-order valence-corrected chi connectivity index (χ3v) is 3.99. The van der Waals surface area contributed by atoms with E-state index in [9.17, 15) is 4.79 Å². The monoisotopic (exact) mass is 328 g/mol. The fraction of sp³-hybridized carbons (Fsp3) is 0.474. The molecule has 0 unspecified atom stereocenters. The molecule has 0 spiro atoms. The van der Waals surface area contributed by atoms with Gasteiger partial charge < -0.3 is 14.8 Å². The van der Waals surface area contributed by atoms with E-state index in [0.717, 1.165) is 38.2 Å². The first kappa shape index (κ1) is 18.2. The van der Waals surface area contributed by atoms with E-state index in [1.165, 1.54) is 5.56 Å². The Morgan fingerprint density at radius 2 is 2.00 bits per heavy atom. The van der Waals surface area contributed by atoms with Crippen molar-refractivity contribution in [2.45, 2.75) is 38.8 Å². The van der Waals surface area contributed by atoms with E-state index in [4.69, 9.17) is 0 Å². The van der Waals surface area contributed by atoms with Crippen molar-refractivity contribution < 1.29 is 4.79 Å². The van der Waals surface area contributed by atoms with Crippen LogP contribution in [0.1, 0.15) is 30.7 Å². The van der Waals surface area contributed by atoms with Crippen molar-refractivity contribution in [1.82, 2.24) is 19.8 Å². The van der Waals surface area contributed by atoms with Crippen LogP contribution in [0.4, 0.5) is 0 Å². The third-order valence-electron chi connectivity index (χ3n) is 3.99. The molecule has 0 atom stereocenters. The minimum Gasteiger partial charge on any atom is -0.349 e. The number of amides is 1. The first-order valence-electron chi connectivity index (χ1n) is 8.60. The number of imidazole rings is 1. The Morgan fingerprint density at radius 3 is 2.75 bits per heavy atom. The van der Waals surface area contributed by atoms with Gasteiger partial charge in [-0.05, 0) is 45.5 Å². The summed E-state index contributed by atoms with van der Waals surface area (Å²) in [6.45, 7) is 2.39. The Morgan fingerprint density at radius 1 is 1.21 bits per heavy atom. The summed E-state index contributed by atoms with van der Waals surface area (Å²) < 4.78 is 2.11. The van der Waals surface area contributed by atoms with Crippen LogP contribution < -0.4 is 5.32 Å². The van der Waals surface area contributed by atoms with Gasteiger partial charge in [0.25, 0.3) is 0 Å². The number of hydrogen-bond donors (Lipinski definition) is 1. The van der Waals surface area contributed by atoms with Crippen LogP contribution in [0.15, 0.2) is 42.7 Å². The van der Waals surface area contributed by atoms with Gasteiger partial charge in [0.05, 0.1) is 6.54 Å². The van der Waals surface area contributed by atoms with Gasteiger partial charge in [-0.1, -0.05) is 30.3 Å². The highest BCUT2D eigenvalue weighted by atomic mass is 16.1. The molecule has 0 bridgehead atoms. The van der Waals surface area contributed by atoms with Gasteiger partial charge in [0.1, 0.15) is 5.82 Å². The molecular weight excluding hydrogens is 300 g/mol. The lowest BCUT2D eigenvalue weighted by Gasteiger charge is -2.10. The Balaban J connectivity index is 1.71. The van der Waals surface area contributed by atoms with Gasteiger partial charge in [-0.15, -0.1) is 0 Å². The lowest BCUT2D eigenvalue weighted by molar-refractivity contribution is -0.121. The molecular formula is C19H28N4O. The Hall–Kier alpha value is -2.14. The van der Waals surface area contributed by atoms with Crippen molar-refractivity contribution >= 4 is 5.91 Å². The number of unbranched alkanes of at least 4 members (excludes halogenated alkanes) is 1. The summed E-state index contributed by atoms with van der Waals surface area (Å²) in [5, 5.41) is 2.98. The fourth-order valence-corrected chi connectivity index (χ4v) is 2.58. The first-order valence-corrected chi connectivity index (χ1v) is 8.60. The van der Waals surface area contributed by atoms with Gasteiger partial charge >= 0.3 is 0 Å². The summed E-state index contributed by atoms with van der Waals surface area (Å²) in [6.07, 6.45) is 7.28. The molecule has 0 aliphatic rings. The molecule has 5 heteroatoms. The SMILES string of the molecule is CN(C)CCCCC(=O)NCc1nccn1CCc1ccccc1. The van der Waals surface area contributed by atoms with Crippen LogP contribution in [0.5, 0.6) is 0 Å². The standard InChI is InChI=1S/C19H28N4O/c1-22(2)13-7-6-10-19(24)21-16-18-20-12-15-23(18)14-11-17-8-4-3-5-9-17/h3-5,8-9,12,15H,6-7,10-11,13-14,16H2,1-2H3,(H,21,24). The van der Waals surface area contributed by atoms with Crippen LogP contribution >= 0.6 is 0 Å². The molecule has 1 aromatic heterocycles. The molecule has 1 amide bonds. The molecule has 24 heavy (non-hydrogen) atoms. The van der Waals surface area contributed by atoms with Crippen molar-refractivity contribution in [3.8, 4) is 0 Å². The average Bonchev–Trinajstić information content (AvgIpc) is 3.03. The molecule has 1 aromatic carbocycles. The van der Waals surface area contributed by atoms with Crippen molar-refractivity contribution in [1.29, 1.82) is 0 Å². The summed E-state index contributed by atoms with van der Waals surface area (Å²) >= 11 is 0. The number of aromatic nitrogens is 2. The predicted molar refractivity (Wildman–Crippen MR) is 96.6 cm³/mol. The first-order chi connectivity index (χ1) is 11.6. The number of benzene rings is 1. The Labute approximate surface area is 144 Å². The number of hydrogen-bond acceptors (Lipinski definition) is 3. The topological polar surface area (TPSA) is 50.2 Å². The van der Waals surface area contributed by atoms with E-state index in [1.54, 1.807) is 6.20 Å². The van der Waals surface area contributed by atoms with Crippen LogP contribution in [0.25, 0.3) is 0 Å². The lowest BCUT2D eigenvalue weighted by Crippen LogP contribution is -2.25. The summed E-state index contributed by atoms with van der Waals surface area (Å²) in [7, 11) is 4.10. The number of aryl methyl sites for hydroxylation is 2. The molecule has 0 saturated heterocycles. The van der Waals surface area contributed by atoms with Crippen molar-refractivity contribution in [3.05, 3.63) is 54.1 Å². The summed E-state index contributed by atoms with van der Waals surface area (Å²) in [6, 6.07) is 10.4. The van der Waals surface area contributed by atoms with E-state index in [1.807, 2.05) is 12.3 Å². The average molecular weight is 328 g/mol. The second-order valence-electron chi connectivity index (χ2n) is 6.31. The van der Waals surface area contributed by atoms with Crippen molar-refractivity contribution in [2.75, 3.05) is 20.6 Å². The molecule has 2 aromatic rings. The van der Waals surface area contributed by atoms with E-state index in [2.05, 4.69) is 58.1 Å². The molecule has 0 aliphatic carbocycles. The zero-order valence-electron chi connectivity index (χ0n) is 14.7. The van der Waals surface area contributed by atoms with Crippen LogP contribution in [0.2, 0.25) is 0 Å². The molecule has 1 N–H and O–H groups in total. The molecule has 2 rings (SSSR count). The highest BCUT2D eigenvalue weighted by molar-refractivity contribution is 5.75. The zero-order chi connectivity index (χ0) is 17.2. The molecule has 0 saturated carbocycles. The molecule has 0 aliphatic heterocycles. The fourth-order valence-electron chi connectivity index (χ4n) is 2.58. The van der Waals surface area contributed by atoms with E-state index in [-0.39, 0.29) is 5.91 Å². The second-order valence-corrected chi connectivity index (χ2v) is 6.31. The largest absolute Gasteiger partial charge is 0.349 e. The minimum atomic E-state index is 0.103. The molecule has 0 radical (unpaired) electrons. The quantitative estimate of drug-likeness (QED) is 0.682. The Bertz CT molecular complexity index is 607. The smallest absolute Gasteiger partial charge is 0.220 e. The summed E-state index contributed by atoms with van der Waals surface area (Å²) in [5.74, 6) is 1.01. The number of carbonyl (C=O) groups excluding carboxylic acids is 1. The maximum atomic E-state index is 11.9. The zero-order valence-corrected chi connectivity index (χ0v) is 14.7. The van der Waals surface area contributed by atoms with Crippen LogP contribution in [0, 0.1) is 0 Å². The van der Waals surface area contributed by atoms with Gasteiger partial charge in [0.2, 0.25) is 5.91 Å². The number of nitrogens with one attached hydrogen (secondary N) is 1. The van der Waals surface area contributed by atoms with Crippen LogP contribution in [0.3, 0.4) is 0 Å². The highest BCUT2D eigenvalue weighted by Crippen LogP contribution is 2.05. The van der Waals surface area contributed by atoms with Crippen LogP contribution in [-0.4, -0.2) is 41.0 Å². The minimum absolute atomic E-state index is 0.103. The number of nitrogens with zero attached hydrogens (tertiary/aromatic N) is 3. The highest BCUT2D eigenvalue weighted by Gasteiger charge is 2.06. The molecule has 1 heterocycles. The van der Waals surface area contributed by atoms with Gasteiger partial charge in [-0.3, -0.25) is 4.79 Å². The maximum Gasteiger partial charge on any atom is 0.220 e. The summed E-state index contributed by atoms with van der Waals surface area (Å²) in [4.78, 5) is 18.4. The number of rotatable bonds is 10. The molecule has 5 nitrogen and oxygen atoms in total. The lowest BCUT2D eigenvalue weighted by atomic mass is 10.1.